The molecule has 1 fully saturated rings. The van der Waals surface area contributed by atoms with Gasteiger partial charge in [0.25, 0.3) is 5.91 Å². The number of fused-ring (bicyclic) bond motifs is 2. The summed E-state index contributed by atoms with van der Waals surface area (Å²) in [6.07, 6.45) is 4.43. The van der Waals surface area contributed by atoms with E-state index in [4.69, 9.17) is 21.3 Å². The molecule has 0 atom stereocenters. The Kier molecular flexibility index (Phi) is 3.94. The molecule has 2 aliphatic rings. The Morgan fingerprint density at radius 3 is 2.93 bits per heavy atom. The van der Waals surface area contributed by atoms with Crippen molar-refractivity contribution >= 4 is 45.9 Å². The molecule has 1 aliphatic carbocycles. The Morgan fingerprint density at radius 2 is 2.14 bits per heavy atom. The van der Waals surface area contributed by atoms with Crippen LogP contribution >= 0.6 is 11.6 Å². The fraction of sp³-hybridized carbons (Fsp3) is 0.350. The minimum Gasteiger partial charge on any atom is -0.481 e. The summed E-state index contributed by atoms with van der Waals surface area (Å²) in [6, 6.07) is 5.51. The average molecular weight is 398 g/mol. The number of carbonyl (C=O) groups excluding carboxylic acids is 1. The van der Waals surface area contributed by atoms with Crippen molar-refractivity contribution in [2.75, 3.05) is 23.9 Å². The van der Waals surface area contributed by atoms with E-state index < -0.39 is 0 Å². The number of amides is 1. The molecular formula is C20H20ClN5O2. The molecule has 0 radical (unpaired) electrons. The number of anilines is 3. The first kappa shape index (κ1) is 17.3. The number of hydrogen-bond acceptors (Lipinski definition) is 5. The maximum atomic E-state index is 11.8. The molecule has 0 saturated heterocycles. The summed E-state index contributed by atoms with van der Waals surface area (Å²) in [7, 11) is 1.72. The van der Waals surface area contributed by atoms with Crippen LogP contribution in [0.15, 0.2) is 24.5 Å². The first-order chi connectivity index (χ1) is 13.5. The summed E-state index contributed by atoms with van der Waals surface area (Å²) in [5, 5.41) is 3.80. The summed E-state index contributed by atoms with van der Waals surface area (Å²) >= 11 is 6.47. The largest absolute Gasteiger partial charge is 0.481 e. The Bertz CT molecular complexity index is 1110. The highest BCUT2D eigenvalue weighted by Gasteiger charge is 2.25. The molecule has 144 valence electrons. The van der Waals surface area contributed by atoms with Gasteiger partial charge in [-0.25, -0.2) is 9.97 Å². The monoisotopic (exact) mass is 397 g/mol. The van der Waals surface area contributed by atoms with Crippen LogP contribution < -0.4 is 15.0 Å². The van der Waals surface area contributed by atoms with Crippen molar-refractivity contribution in [2.24, 2.45) is 5.92 Å². The standard InChI is InChI=1S/C20H20ClN5O2/c1-11-5-17(24-20-19(11)22-10-26(20)8-12-3-4-12)23-14-7-16-15(6-13(14)21)25(2)18(27)9-28-16/h5-7,10,12H,3-4,8-9H2,1-2H3,(H,23,24). The molecule has 1 aromatic carbocycles. The van der Waals surface area contributed by atoms with Crippen molar-refractivity contribution in [1.29, 1.82) is 0 Å². The van der Waals surface area contributed by atoms with Gasteiger partial charge in [-0.05, 0) is 43.4 Å². The maximum Gasteiger partial charge on any atom is 0.264 e. The molecule has 5 rings (SSSR count). The van der Waals surface area contributed by atoms with Gasteiger partial charge in [-0.2, -0.15) is 0 Å². The molecule has 1 amide bonds. The van der Waals surface area contributed by atoms with Gasteiger partial charge in [0.2, 0.25) is 0 Å². The van der Waals surface area contributed by atoms with Crippen molar-refractivity contribution in [3.05, 3.63) is 35.1 Å². The summed E-state index contributed by atoms with van der Waals surface area (Å²) in [6.45, 7) is 3.01. The van der Waals surface area contributed by atoms with Gasteiger partial charge in [-0.3, -0.25) is 4.79 Å². The normalized spacial score (nSPS) is 16.2. The van der Waals surface area contributed by atoms with Crippen LogP contribution in [0.1, 0.15) is 18.4 Å². The summed E-state index contributed by atoms with van der Waals surface area (Å²) in [4.78, 5) is 22.7. The molecule has 28 heavy (non-hydrogen) atoms. The third-order valence-corrected chi connectivity index (χ3v) is 5.63. The predicted molar refractivity (Wildman–Crippen MR) is 109 cm³/mol. The third-order valence-electron chi connectivity index (χ3n) is 5.31. The van der Waals surface area contributed by atoms with E-state index in [0.717, 1.165) is 29.2 Å². The zero-order valence-corrected chi connectivity index (χ0v) is 16.5. The first-order valence-electron chi connectivity index (χ1n) is 9.32. The number of likely N-dealkylation sites (N-methyl/N-ethyl adjacent to an activating group) is 1. The Balaban J connectivity index is 1.50. The molecule has 0 spiro atoms. The van der Waals surface area contributed by atoms with Crippen molar-refractivity contribution in [2.45, 2.75) is 26.3 Å². The van der Waals surface area contributed by atoms with Crippen molar-refractivity contribution in [1.82, 2.24) is 14.5 Å². The second kappa shape index (κ2) is 6.38. The lowest BCUT2D eigenvalue weighted by Crippen LogP contribution is -2.35. The van der Waals surface area contributed by atoms with Crippen LogP contribution in [0.2, 0.25) is 5.02 Å². The molecule has 2 aromatic heterocycles. The van der Waals surface area contributed by atoms with E-state index in [1.807, 2.05) is 25.4 Å². The number of nitrogens with zero attached hydrogens (tertiary/aromatic N) is 4. The molecule has 0 bridgehead atoms. The van der Waals surface area contributed by atoms with Gasteiger partial charge in [0, 0.05) is 19.7 Å². The Hall–Kier alpha value is -2.80. The van der Waals surface area contributed by atoms with Crippen LogP contribution in [0.25, 0.3) is 11.2 Å². The van der Waals surface area contributed by atoms with E-state index in [1.54, 1.807) is 18.0 Å². The van der Waals surface area contributed by atoms with Crippen molar-refractivity contribution in [3.63, 3.8) is 0 Å². The van der Waals surface area contributed by atoms with Gasteiger partial charge in [-0.1, -0.05) is 11.6 Å². The highest BCUT2D eigenvalue weighted by atomic mass is 35.5. The van der Waals surface area contributed by atoms with Gasteiger partial charge in [0.05, 0.1) is 22.7 Å². The molecule has 1 N–H and O–H groups in total. The highest BCUT2D eigenvalue weighted by Crippen LogP contribution is 2.39. The number of halogens is 1. The SMILES string of the molecule is Cc1cc(Nc2cc3c(cc2Cl)N(C)C(=O)CO3)nc2c1ncn2CC1CC1. The zero-order valence-electron chi connectivity index (χ0n) is 15.7. The Labute approximate surface area is 167 Å². The fourth-order valence-corrected chi connectivity index (χ4v) is 3.70. The number of rotatable bonds is 4. The van der Waals surface area contributed by atoms with Gasteiger partial charge in [-0.15, -0.1) is 0 Å². The number of carbonyl (C=O) groups is 1. The van der Waals surface area contributed by atoms with E-state index in [1.165, 1.54) is 12.8 Å². The van der Waals surface area contributed by atoms with Crippen LogP contribution in [-0.4, -0.2) is 34.1 Å². The highest BCUT2D eigenvalue weighted by molar-refractivity contribution is 6.34. The van der Waals surface area contributed by atoms with Crippen LogP contribution in [0, 0.1) is 12.8 Å². The predicted octanol–water partition coefficient (Wildman–Crippen LogP) is 3.90. The van der Waals surface area contributed by atoms with Gasteiger partial charge in [0.1, 0.15) is 17.1 Å². The molecule has 3 heterocycles. The van der Waals surface area contributed by atoms with Crippen LogP contribution in [0.4, 0.5) is 17.2 Å². The second-order valence-electron chi connectivity index (χ2n) is 7.50. The van der Waals surface area contributed by atoms with E-state index in [2.05, 4.69) is 14.9 Å². The first-order valence-corrected chi connectivity index (χ1v) is 9.70. The summed E-state index contributed by atoms with van der Waals surface area (Å²) in [5.41, 5.74) is 4.20. The molecule has 8 heteroatoms. The minimum atomic E-state index is -0.101. The topological polar surface area (TPSA) is 72.3 Å². The molecule has 0 unspecified atom stereocenters. The number of benzene rings is 1. The lowest BCUT2D eigenvalue weighted by atomic mass is 10.2. The number of nitrogens with one attached hydrogen (secondary N) is 1. The lowest BCUT2D eigenvalue weighted by Gasteiger charge is -2.26. The number of pyridine rings is 1. The number of imidazole rings is 1. The van der Waals surface area contributed by atoms with E-state index in [9.17, 15) is 4.79 Å². The minimum absolute atomic E-state index is 0.0221. The van der Waals surface area contributed by atoms with Crippen molar-refractivity contribution in [3.8, 4) is 5.75 Å². The Morgan fingerprint density at radius 1 is 1.32 bits per heavy atom. The quantitative estimate of drug-likeness (QED) is 0.722. The smallest absolute Gasteiger partial charge is 0.264 e. The van der Waals surface area contributed by atoms with E-state index in [0.29, 0.717) is 28.0 Å². The van der Waals surface area contributed by atoms with Crippen LogP contribution in [0.5, 0.6) is 5.75 Å². The lowest BCUT2D eigenvalue weighted by molar-refractivity contribution is -0.120. The van der Waals surface area contributed by atoms with Crippen molar-refractivity contribution < 1.29 is 9.53 Å². The second-order valence-corrected chi connectivity index (χ2v) is 7.91. The maximum absolute atomic E-state index is 11.8. The number of hydrogen-bond donors (Lipinski definition) is 1. The molecular weight excluding hydrogens is 378 g/mol. The van der Waals surface area contributed by atoms with Crippen LogP contribution in [0.3, 0.4) is 0 Å². The molecule has 1 aliphatic heterocycles. The third kappa shape index (κ3) is 2.96. The summed E-state index contributed by atoms with van der Waals surface area (Å²) < 4.78 is 7.69. The number of aromatic nitrogens is 3. The fourth-order valence-electron chi connectivity index (χ4n) is 3.49. The van der Waals surface area contributed by atoms with Crippen LogP contribution in [-0.2, 0) is 11.3 Å². The number of aryl methyl sites for hydroxylation is 1. The molecule has 1 saturated carbocycles. The van der Waals surface area contributed by atoms with E-state index >= 15 is 0 Å². The average Bonchev–Trinajstić information content (AvgIpc) is 3.39. The summed E-state index contributed by atoms with van der Waals surface area (Å²) in [5.74, 6) is 1.95. The van der Waals surface area contributed by atoms with Gasteiger partial charge < -0.3 is 19.5 Å². The van der Waals surface area contributed by atoms with Gasteiger partial charge in [0.15, 0.2) is 12.3 Å². The molecule has 7 nitrogen and oxygen atoms in total. The number of ether oxygens (including phenoxy) is 1. The van der Waals surface area contributed by atoms with E-state index in [-0.39, 0.29) is 12.5 Å². The van der Waals surface area contributed by atoms with Gasteiger partial charge >= 0.3 is 0 Å². The zero-order chi connectivity index (χ0) is 19.4. The molecule has 3 aromatic rings.